The Bertz CT molecular complexity index is 2230. The molecule has 0 saturated carbocycles. The third-order valence-corrected chi connectivity index (χ3v) is 11.6. The first kappa shape index (κ1) is 48.2. The number of aromatic hydroxyl groups is 2. The first-order valence-corrected chi connectivity index (χ1v) is 22.7. The lowest BCUT2D eigenvalue weighted by molar-refractivity contribution is -0.123. The SMILES string of the molecule is CCCCCCCCCCCCCCC(Oc1ccc(O)c(C(C)(C)C)c1)C(=O)Nc1ccc(Cl)c(NC2=NN(c3cc(Cl)ccc3Cl)C(=O)C2/N=N/c2ccc(O)cc2C)c1. The van der Waals surface area contributed by atoms with Crippen LogP contribution in [0.1, 0.15) is 122 Å². The van der Waals surface area contributed by atoms with Gasteiger partial charge in [0.05, 0.1) is 27.1 Å². The number of rotatable bonds is 21. The number of phenolic OH excluding ortho intramolecular Hbond substituents is 2. The summed E-state index contributed by atoms with van der Waals surface area (Å²) in [6, 6.07) is 18.1. The molecule has 1 aliphatic heterocycles. The quantitative estimate of drug-likeness (QED) is 0.0483. The van der Waals surface area contributed by atoms with Gasteiger partial charge in [-0.3, -0.25) is 9.59 Å². The minimum absolute atomic E-state index is 0.0722. The predicted molar refractivity (Wildman–Crippen MR) is 253 cm³/mol. The Balaban J connectivity index is 1.33. The van der Waals surface area contributed by atoms with Gasteiger partial charge < -0.3 is 25.6 Å². The highest BCUT2D eigenvalue weighted by molar-refractivity contribution is 6.37. The Morgan fingerprint density at radius 1 is 0.839 bits per heavy atom. The van der Waals surface area contributed by atoms with Crippen LogP contribution in [-0.2, 0) is 15.0 Å². The molecule has 14 heteroatoms. The molecule has 4 aromatic rings. The van der Waals surface area contributed by atoms with Crippen molar-refractivity contribution >= 4 is 75.2 Å². The summed E-state index contributed by atoms with van der Waals surface area (Å²) >= 11 is 19.5. The second-order valence-corrected chi connectivity index (χ2v) is 18.1. The number of hydrazone groups is 1. The van der Waals surface area contributed by atoms with Crippen molar-refractivity contribution in [2.75, 3.05) is 15.6 Å². The van der Waals surface area contributed by atoms with Gasteiger partial charge in [0.1, 0.15) is 17.2 Å². The number of nitrogens with zero attached hydrogens (tertiary/aromatic N) is 4. The van der Waals surface area contributed by atoms with Crippen molar-refractivity contribution in [3.63, 3.8) is 0 Å². The van der Waals surface area contributed by atoms with Gasteiger partial charge in [-0.2, -0.15) is 15.2 Å². The summed E-state index contributed by atoms with van der Waals surface area (Å²) in [5.41, 5.74) is 2.46. The molecule has 2 amide bonds. The molecule has 0 spiro atoms. The van der Waals surface area contributed by atoms with Crippen molar-refractivity contribution in [2.45, 2.75) is 136 Å². The number of nitrogens with one attached hydrogen (secondary N) is 2. The van der Waals surface area contributed by atoms with Gasteiger partial charge in [-0.05, 0) is 104 Å². The molecule has 4 aromatic carbocycles. The van der Waals surface area contributed by atoms with Gasteiger partial charge >= 0.3 is 0 Å². The molecule has 0 aromatic heterocycles. The van der Waals surface area contributed by atoms with E-state index in [-0.39, 0.29) is 44.4 Å². The molecule has 11 nitrogen and oxygen atoms in total. The number of unbranched alkanes of at least 4 members (excludes halogenated alkanes) is 11. The molecular weight excluding hydrogens is 847 g/mol. The number of benzene rings is 4. The molecule has 0 radical (unpaired) electrons. The number of azo groups is 1. The number of halogens is 3. The zero-order valence-electron chi connectivity index (χ0n) is 36.3. The van der Waals surface area contributed by atoms with E-state index in [1.165, 1.54) is 76.0 Å². The van der Waals surface area contributed by atoms with E-state index in [2.05, 4.69) is 32.9 Å². The molecule has 62 heavy (non-hydrogen) atoms. The van der Waals surface area contributed by atoms with Crippen molar-refractivity contribution in [1.82, 2.24) is 0 Å². The molecule has 0 bridgehead atoms. The van der Waals surface area contributed by atoms with Crippen LogP contribution in [0, 0.1) is 6.92 Å². The average Bonchev–Trinajstić information content (AvgIpc) is 3.53. The number of amidine groups is 1. The lowest BCUT2D eigenvalue weighted by Gasteiger charge is -2.23. The van der Waals surface area contributed by atoms with Crippen LogP contribution in [0.4, 0.5) is 22.7 Å². The lowest BCUT2D eigenvalue weighted by atomic mass is 9.86. The van der Waals surface area contributed by atoms with E-state index in [4.69, 9.17) is 39.5 Å². The van der Waals surface area contributed by atoms with E-state index in [1.807, 2.05) is 20.8 Å². The fraction of sp³-hybridized carbons (Fsp3) is 0.438. The Morgan fingerprint density at radius 2 is 1.50 bits per heavy atom. The van der Waals surface area contributed by atoms with Crippen molar-refractivity contribution in [2.24, 2.45) is 15.3 Å². The van der Waals surface area contributed by atoms with Gasteiger partial charge in [0, 0.05) is 16.3 Å². The summed E-state index contributed by atoms with van der Waals surface area (Å²) in [4.78, 5) is 28.0. The highest BCUT2D eigenvalue weighted by Gasteiger charge is 2.39. The number of hydrogen-bond acceptors (Lipinski definition) is 9. The van der Waals surface area contributed by atoms with Crippen molar-refractivity contribution in [3.8, 4) is 17.2 Å². The standard InChI is InChI=1S/C48H59Cl3N6O5/c1-6-7-8-9-10-11-12-13-14-15-16-17-18-43(62-35-22-26-42(59)36(30-35)48(3,4)5)46(60)52-33-20-24-37(50)40(29-33)53-45-44(55-54-39-25-21-34(58)27-31(39)2)47(61)57(56-45)41-28-32(49)19-23-38(41)51/h19-30,43-44,58-59H,6-18H2,1-5H3,(H,52,60)(H,53,56)/b55-54+. The highest BCUT2D eigenvalue weighted by Crippen LogP contribution is 2.36. The first-order valence-electron chi connectivity index (χ1n) is 21.6. The Kier molecular flexibility index (Phi) is 17.9. The van der Waals surface area contributed by atoms with Gasteiger partial charge in [-0.1, -0.05) is 133 Å². The molecule has 5 rings (SSSR count). The van der Waals surface area contributed by atoms with Gasteiger partial charge in [0.25, 0.3) is 11.8 Å². The number of hydrogen-bond donors (Lipinski definition) is 4. The van der Waals surface area contributed by atoms with Gasteiger partial charge in [0.15, 0.2) is 11.9 Å². The summed E-state index contributed by atoms with van der Waals surface area (Å²) in [6.45, 7) is 10.0. The van der Waals surface area contributed by atoms with Crippen molar-refractivity contribution in [1.29, 1.82) is 0 Å². The fourth-order valence-electron chi connectivity index (χ4n) is 7.16. The van der Waals surface area contributed by atoms with Crippen LogP contribution >= 0.6 is 34.8 Å². The summed E-state index contributed by atoms with van der Waals surface area (Å²) < 4.78 is 6.39. The smallest absolute Gasteiger partial charge is 0.282 e. The van der Waals surface area contributed by atoms with Crippen LogP contribution in [0.5, 0.6) is 17.2 Å². The summed E-state index contributed by atoms with van der Waals surface area (Å²) in [7, 11) is 0. The Morgan fingerprint density at radius 3 is 2.16 bits per heavy atom. The van der Waals surface area contributed by atoms with Crippen LogP contribution < -0.4 is 20.4 Å². The third-order valence-electron chi connectivity index (χ3n) is 10.7. The lowest BCUT2D eigenvalue weighted by Crippen LogP contribution is -2.33. The topological polar surface area (TPSA) is 148 Å². The van der Waals surface area contributed by atoms with E-state index in [0.29, 0.717) is 45.4 Å². The highest BCUT2D eigenvalue weighted by atomic mass is 35.5. The fourth-order valence-corrected chi connectivity index (χ4v) is 7.69. The van der Waals surface area contributed by atoms with E-state index >= 15 is 0 Å². The number of aryl methyl sites for hydroxylation is 1. The maximum Gasteiger partial charge on any atom is 0.282 e. The van der Waals surface area contributed by atoms with Crippen LogP contribution in [0.15, 0.2) is 88.1 Å². The Hall–Kier alpha value is -4.84. The zero-order valence-corrected chi connectivity index (χ0v) is 38.6. The number of anilines is 3. The molecule has 1 heterocycles. The maximum absolute atomic E-state index is 14.1. The van der Waals surface area contributed by atoms with Crippen LogP contribution in [-0.4, -0.2) is 40.0 Å². The van der Waals surface area contributed by atoms with Crippen LogP contribution in [0.2, 0.25) is 15.1 Å². The molecule has 332 valence electrons. The molecule has 0 aliphatic carbocycles. The largest absolute Gasteiger partial charge is 0.508 e. The van der Waals surface area contributed by atoms with Crippen LogP contribution in [0.3, 0.4) is 0 Å². The predicted octanol–water partition coefficient (Wildman–Crippen LogP) is 14.1. The van der Waals surface area contributed by atoms with Gasteiger partial charge in [-0.15, -0.1) is 5.10 Å². The number of carbonyl (C=O) groups excluding carboxylic acids is 2. The summed E-state index contributed by atoms with van der Waals surface area (Å²) in [6.07, 6.45) is 14.0. The minimum atomic E-state index is -1.25. The molecule has 4 N–H and O–H groups in total. The molecule has 2 unspecified atom stereocenters. The average molecular weight is 906 g/mol. The Labute approximate surface area is 380 Å². The van der Waals surface area contributed by atoms with Crippen LogP contribution in [0.25, 0.3) is 0 Å². The van der Waals surface area contributed by atoms with E-state index < -0.39 is 18.1 Å². The number of ether oxygens (including phenoxy) is 1. The van der Waals surface area contributed by atoms with Crippen molar-refractivity contribution < 1.29 is 24.5 Å². The summed E-state index contributed by atoms with van der Waals surface area (Å²) in [5, 5.41) is 41.9. The maximum atomic E-state index is 14.1. The van der Waals surface area contributed by atoms with E-state index in [9.17, 15) is 19.8 Å². The molecule has 1 aliphatic rings. The minimum Gasteiger partial charge on any atom is -0.508 e. The number of carbonyl (C=O) groups is 2. The van der Waals surface area contributed by atoms with E-state index in [0.717, 1.165) is 24.3 Å². The molecule has 0 fully saturated rings. The second-order valence-electron chi connectivity index (χ2n) is 16.8. The summed E-state index contributed by atoms with van der Waals surface area (Å²) in [5.74, 6) is -0.0904. The number of phenols is 2. The first-order chi connectivity index (χ1) is 29.6. The third kappa shape index (κ3) is 13.8. The zero-order chi connectivity index (χ0) is 44.8. The number of amides is 2. The molecule has 0 saturated heterocycles. The molecular formula is C48H59Cl3N6O5. The van der Waals surface area contributed by atoms with E-state index in [1.54, 1.807) is 61.5 Å². The monoisotopic (exact) mass is 904 g/mol. The second kappa shape index (κ2) is 23.0. The van der Waals surface area contributed by atoms with Gasteiger partial charge in [0.2, 0.25) is 6.04 Å². The molecule has 2 atom stereocenters. The van der Waals surface area contributed by atoms with Crippen molar-refractivity contribution in [3.05, 3.63) is 99.0 Å². The normalized spacial score (nSPS) is 14.6. The van der Waals surface area contributed by atoms with Gasteiger partial charge in [-0.25, -0.2) is 0 Å².